The molecule has 13 heavy (non-hydrogen) atoms. The lowest BCUT2D eigenvalue weighted by atomic mass is 10.1. The van der Waals surface area contributed by atoms with Crippen LogP contribution in [0.15, 0.2) is 0 Å². The molecular weight excluding hydrogens is 164 g/mol. The van der Waals surface area contributed by atoms with E-state index in [0.717, 1.165) is 26.1 Å². The number of nitrogens with zero attached hydrogens (tertiary/aromatic N) is 4. The van der Waals surface area contributed by atoms with Gasteiger partial charge in [-0.05, 0) is 20.0 Å². The van der Waals surface area contributed by atoms with Gasteiger partial charge in [0.05, 0.1) is 18.5 Å². The van der Waals surface area contributed by atoms with Crippen LogP contribution in [-0.2, 0) is 0 Å². The highest BCUT2D eigenvalue weighted by atomic mass is 15.2. The zero-order chi connectivity index (χ0) is 9.68. The zero-order valence-electron chi connectivity index (χ0n) is 7.90. The van der Waals surface area contributed by atoms with E-state index in [9.17, 15) is 0 Å². The van der Waals surface area contributed by atoms with Crippen molar-refractivity contribution in [1.82, 2.24) is 9.80 Å². The van der Waals surface area contributed by atoms with Crippen LogP contribution in [0, 0.1) is 22.8 Å². The van der Waals surface area contributed by atoms with Crippen molar-refractivity contribution in [3.63, 3.8) is 0 Å². The van der Waals surface area contributed by atoms with Crippen LogP contribution in [0.3, 0.4) is 0 Å². The van der Waals surface area contributed by atoms with Crippen molar-refractivity contribution in [3.05, 3.63) is 0 Å². The molecule has 1 unspecified atom stereocenters. The lowest BCUT2D eigenvalue weighted by Crippen LogP contribution is -2.31. The number of hydrogen-bond acceptors (Lipinski definition) is 4. The van der Waals surface area contributed by atoms with Gasteiger partial charge in [0.1, 0.15) is 0 Å². The highest BCUT2D eigenvalue weighted by molar-refractivity contribution is 4.91. The first-order chi connectivity index (χ1) is 6.27. The average Bonchev–Trinajstić information content (AvgIpc) is 2.30. The third kappa shape index (κ3) is 2.61. The molecular formula is C9H14N4. The quantitative estimate of drug-likeness (QED) is 0.545. The van der Waals surface area contributed by atoms with E-state index in [1.54, 1.807) is 4.90 Å². The van der Waals surface area contributed by atoms with Crippen LogP contribution < -0.4 is 0 Å². The first kappa shape index (κ1) is 9.83. The minimum Gasteiger partial charge on any atom is -0.305 e. The second kappa shape index (κ2) is 4.69. The molecule has 70 valence electrons. The summed E-state index contributed by atoms with van der Waals surface area (Å²) in [5, 5.41) is 17.4. The Morgan fingerprint density at radius 2 is 2.08 bits per heavy atom. The molecule has 0 amide bonds. The van der Waals surface area contributed by atoms with E-state index in [2.05, 4.69) is 17.2 Å². The largest absolute Gasteiger partial charge is 0.305 e. The van der Waals surface area contributed by atoms with Gasteiger partial charge in [-0.15, -0.1) is 0 Å². The van der Waals surface area contributed by atoms with Crippen LogP contribution in [-0.4, -0.2) is 42.5 Å². The molecule has 0 radical (unpaired) electrons. The fourth-order valence-electron chi connectivity index (χ4n) is 1.55. The van der Waals surface area contributed by atoms with Crippen LogP contribution in [0.4, 0.5) is 0 Å². The Balaban J connectivity index is 2.58. The molecule has 1 aliphatic heterocycles. The Hall–Kier alpha value is -1.26. The van der Waals surface area contributed by atoms with Gasteiger partial charge >= 0.3 is 0 Å². The number of hydrogen-bond donors (Lipinski definition) is 0. The van der Waals surface area contributed by atoms with Gasteiger partial charge in [-0.25, -0.2) is 0 Å². The van der Waals surface area contributed by atoms with E-state index in [0.29, 0.717) is 6.42 Å². The molecule has 4 heteroatoms. The summed E-state index contributed by atoms with van der Waals surface area (Å²) in [5.41, 5.74) is 0. The van der Waals surface area contributed by atoms with E-state index in [4.69, 9.17) is 10.5 Å². The average molecular weight is 178 g/mol. The summed E-state index contributed by atoms with van der Waals surface area (Å²) in [7, 11) is 2.05. The van der Waals surface area contributed by atoms with Gasteiger partial charge in [0, 0.05) is 13.1 Å². The van der Waals surface area contributed by atoms with Crippen LogP contribution >= 0.6 is 0 Å². The molecule has 1 heterocycles. The summed E-state index contributed by atoms with van der Waals surface area (Å²) in [6.45, 7) is 2.64. The predicted octanol–water partition coefficient (Wildman–Crippen LogP) is 0.387. The van der Waals surface area contributed by atoms with Crippen LogP contribution in [0.25, 0.3) is 0 Å². The summed E-state index contributed by atoms with van der Waals surface area (Å²) in [6, 6.07) is 2.26. The van der Waals surface area contributed by atoms with E-state index in [-0.39, 0.29) is 6.04 Å². The fraction of sp³-hybridized carbons (Fsp3) is 0.778. The monoisotopic (exact) mass is 178 g/mol. The van der Waals surface area contributed by atoms with Crippen molar-refractivity contribution < 1.29 is 0 Å². The first-order valence-corrected chi connectivity index (χ1v) is 4.49. The maximum atomic E-state index is 8.85. The third-order valence-corrected chi connectivity index (χ3v) is 2.46. The van der Waals surface area contributed by atoms with E-state index < -0.39 is 0 Å². The molecule has 1 saturated heterocycles. The second-order valence-corrected chi connectivity index (χ2v) is 3.40. The van der Waals surface area contributed by atoms with Crippen LogP contribution in [0.1, 0.15) is 12.8 Å². The SMILES string of the molecule is CN1CCC(CC#N)N(C#N)CC1. The summed E-state index contributed by atoms with van der Waals surface area (Å²) in [4.78, 5) is 3.93. The molecule has 0 aromatic carbocycles. The second-order valence-electron chi connectivity index (χ2n) is 3.40. The molecule has 1 atom stereocenters. The number of likely N-dealkylation sites (N-methyl/N-ethyl adjacent to an activating group) is 1. The van der Waals surface area contributed by atoms with Crippen LogP contribution in [0.2, 0.25) is 0 Å². The predicted molar refractivity (Wildman–Crippen MR) is 48.5 cm³/mol. The minimum absolute atomic E-state index is 0.125. The standard InChI is InChI=1S/C9H14N4/c1-12-5-3-9(2-4-10)13(8-11)7-6-12/h9H,2-3,5-7H2,1H3. The molecule has 1 rings (SSSR count). The van der Waals surface area contributed by atoms with Crippen molar-refractivity contribution in [2.24, 2.45) is 0 Å². The molecule has 1 aliphatic rings. The van der Waals surface area contributed by atoms with Gasteiger partial charge in [-0.1, -0.05) is 0 Å². The van der Waals surface area contributed by atoms with Gasteiger partial charge in [0.25, 0.3) is 0 Å². The maximum Gasteiger partial charge on any atom is 0.179 e. The van der Waals surface area contributed by atoms with Crippen molar-refractivity contribution in [1.29, 1.82) is 10.5 Å². The molecule has 0 saturated carbocycles. The first-order valence-electron chi connectivity index (χ1n) is 4.49. The highest BCUT2D eigenvalue weighted by Gasteiger charge is 2.21. The van der Waals surface area contributed by atoms with Gasteiger partial charge in [0.15, 0.2) is 6.19 Å². The van der Waals surface area contributed by atoms with Crippen molar-refractivity contribution in [3.8, 4) is 12.3 Å². The Labute approximate surface area is 79.0 Å². The maximum absolute atomic E-state index is 8.85. The summed E-state index contributed by atoms with van der Waals surface area (Å²) >= 11 is 0. The summed E-state index contributed by atoms with van der Waals surface area (Å²) in [5.74, 6) is 0. The molecule has 0 aromatic rings. The smallest absolute Gasteiger partial charge is 0.179 e. The molecule has 0 aromatic heterocycles. The molecule has 4 nitrogen and oxygen atoms in total. The Morgan fingerprint density at radius 1 is 1.31 bits per heavy atom. The van der Waals surface area contributed by atoms with Crippen LogP contribution in [0.5, 0.6) is 0 Å². The lowest BCUT2D eigenvalue weighted by molar-refractivity contribution is 0.302. The number of nitriles is 2. The molecule has 0 aliphatic carbocycles. The van der Waals surface area contributed by atoms with Crippen molar-refractivity contribution in [2.75, 3.05) is 26.7 Å². The number of rotatable bonds is 1. The minimum atomic E-state index is 0.125. The third-order valence-electron chi connectivity index (χ3n) is 2.46. The Morgan fingerprint density at radius 3 is 2.69 bits per heavy atom. The summed E-state index contributed by atoms with van der Waals surface area (Å²) in [6.07, 6.45) is 3.53. The van der Waals surface area contributed by atoms with E-state index in [1.165, 1.54) is 0 Å². The summed E-state index contributed by atoms with van der Waals surface area (Å²) < 4.78 is 0. The van der Waals surface area contributed by atoms with Gasteiger partial charge < -0.3 is 9.80 Å². The van der Waals surface area contributed by atoms with Crippen molar-refractivity contribution in [2.45, 2.75) is 18.9 Å². The van der Waals surface area contributed by atoms with E-state index in [1.807, 2.05) is 7.05 Å². The highest BCUT2D eigenvalue weighted by Crippen LogP contribution is 2.11. The molecule has 0 bridgehead atoms. The molecule has 1 fully saturated rings. The Bertz CT molecular complexity index is 237. The van der Waals surface area contributed by atoms with Gasteiger partial charge in [0.2, 0.25) is 0 Å². The Kier molecular flexibility index (Phi) is 3.54. The van der Waals surface area contributed by atoms with Crippen molar-refractivity contribution >= 4 is 0 Å². The van der Waals surface area contributed by atoms with E-state index >= 15 is 0 Å². The fourth-order valence-corrected chi connectivity index (χ4v) is 1.55. The molecule has 0 N–H and O–H groups in total. The zero-order valence-corrected chi connectivity index (χ0v) is 7.90. The van der Waals surface area contributed by atoms with Gasteiger partial charge in [-0.3, -0.25) is 0 Å². The van der Waals surface area contributed by atoms with Gasteiger partial charge in [-0.2, -0.15) is 10.5 Å². The topological polar surface area (TPSA) is 54.1 Å². The normalized spacial score (nSPS) is 24.5. The molecule has 0 spiro atoms. The lowest BCUT2D eigenvalue weighted by Gasteiger charge is -2.20.